The van der Waals surface area contributed by atoms with Crippen molar-refractivity contribution in [1.29, 1.82) is 0 Å². The van der Waals surface area contributed by atoms with Crippen LogP contribution < -0.4 is 10.1 Å². The molecule has 0 atom stereocenters. The van der Waals surface area contributed by atoms with Crippen molar-refractivity contribution in [3.05, 3.63) is 78.0 Å². The summed E-state index contributed by atoms with van der Waals surface area (Å²) in [5.74, 6) is 1.47. The van der Waals surface area contributed by atoms with Gasteiger partial charge in [-0.15, -0.1) is 11.3 Å². The third-order valence-corrected chi connectivity index (χ3v) is 4.22. The number of anilines is 1. The van der Waals surface area contributed by atoms with Crippen molar-refractivity contribution in [3.8, 4) is 23.1 Å². The molecule has 6 nitrogen and oxygen atoms in total. The van der Waals surface area contributed by atoms with Gasteiger partial charge in [0.1, 0.15) is 11.4 Å². The Labute approximate surface area is 153 Å². The molecule has 0 radical (unpaired) electrons. The average Bonchev–Trinajstić information content (AvgIpc) is 3.35. The lowest BCUT2D eigenvalue weighted by Gasteiger charge is -2.05. The first-order valence-corrected chi connectivity index (χ1v) is 8.65. The van der Waals surface area contributed by atoms with Crippen LogP contribution in [0.4, 0.5) is 5.13 Å². The third kappa shape index (κ3) is 3.62. The molecular formula is C19H13N3O3S. The Kier molecular flexibility index (Phi) is 4.44. The lowest BCUT2D eigenvalue weighted by molar-refractivity contribution is 0.102. The summed E-state index contributed by atoms with van der Waals surface area (Å²) in [6, 6.07) is 16.2. The highest BCUT2D eigenvalue weighted by Gasteiger charge is 2.12. The van der Waals surface area contributed by atoms with Crippen molar-refractivity contribution >= 4 is 22.4 Å². The first-order chi connectivity index (χ1) is 12.8. The van der Waals surface area contributed by atoms with Crippen molar-refractivity contribution in [2.45, 2.75) is 0 Å². The van der Waals surface area contributed by atoms with E-state index in [0.717, 1.165) is 0 Å². The van der Waals surface area contributed by atoms with E-state index < -0.39 is 0 Å². The number of rotatable bonds is 5. The van der Waals surface area contributed by atoms with Gasteiger partial charge < -0.3 is 9.15 Å². The van der Waals surface area contributed by atoms with Crippen molar-refractivity contribution in [2.75, 3.05) is 5.32 Å². The number of nitrogens with one attached hydrogen (secondary N) is 1. The second kappa shape index (κ2) is 7.20. The second-order valence-corrected chi connectivity index (χ2v) is 6.13. The summed E-state index contributed by atoms with van der Waals surface area (Å²) in [5.41, 5.74) is 1.10. The average molecular weight is 363 g/mol. The Morgan fingerprint density at radius 1 is 1.08 bits per heavy atom. The van der Waals surface area contributed by atoms with Crippen LogP contribution in [0.15, 0.2) is 76.9 Å². The fourth-order valence-corrected chi connectivity index (χ4v) is 2.92. The maximum atomic E-state index is 12.3. The topological polar surface area (TPSA) is 77.2 Å². The van der Waals surface area contributed by atoms with E-state index in [1.54, 1.807) is 24.5 Å². The van der Waals surface area contributed by atoms with Crippen LogP contribution in [0.5, 0.6) is 11.6 Å². The van der Waals surface area contributed by atoms with Gasteiger partial charge in [-0.1, -0.05) is 18.2 Å². The molecule has 128 valence electrons. The molecule has 0 saturated heterocycles. The van der Waals surface area contributed by atoms with E-state index in [4.69, 9.17) is 9.15 Å². The van der Waals surface area contributed by atoms with Crippen LogP contribution >= 0.6 is 11.3 Å². The summed E-state index contributed by atoms with van der Waals surface area (Å²) in [6.07, 6.45) is 3.05. The minimum absolute atomic E-state index is 0.288. The van der Waals surface area contributed by atoms with Crippen LogP contribution in [0.1, 0.15) is 10.4 Å². The summed E-state index contributed by atoms with van der Waals surface area (Å²) < 4.78 is 10.9. The summed E-state index contributed by atoms with van der Waals surface area (Å²) in [4.78, 5) is 20.8. The lowest BCUT2D eigenvalue weighted by Crippen LogP contribution is -2.12. The number of para-hydroxylation sites is 1. The Morgan fingerprint density at radius 2 is 1.96 bits per heavy atom. The Hall–Kier alpha value is -3.45. The number of ether oxygens (including phenoxy) is 1. The second-order valence-electron chi connectivity index (χ2n) is 5.27. The van der Waals surface area contributed by atoms with Gasteiger partial charge in [0, 0.05) is 17.6 Å². The van der Waals surface area contributed by atoms with E-state index in [9.17, 15) is 4.79 Å². The van der Waals surface area contributed by atoms with E-state index in [1.165, 1.54) is 17.5 Å². The van der Waals surface area contributed by atoms with Crippen LogP contribution in [0.2, 0.25) is 0 Å². The minimum Gasteiger partial charge on any atom is -0.463 e. The van der Waals surface area contributed by atoms with E-state index in [0.29, 0.717) is 33.8 Å². The van der Waals surface area contributed by atoms with Gasteiger partial charge in [-0.3, -0.25) is 10.1 Å². The Morgan fingerprint density at radius 3 is 2.69 bits per heavy atom. The number of nitrogens with zero attached hydrogens (tertiary/aromatic N) is 2. The number of pyridine rings is 1. The maximum Gasteiger partial charge on any atom is 0.259 e. The van der Waals surface area contributed by atoms with Crippen molar-refractivity contribution in [2.24, 2.45) is 0 Å². The Balaban J connectivity index is 1.42. The first-order valence-electron chi connectivity index (χ1n) is 7.78. The molecule has 0 saturated carbocycles. The number of carbonyl (C=O) groups excluding carboxylic acids is 1. The van der Waals surface area contributed by atoms with Crippen LogP contribution in [-0.2, 0) is 0 Å². The van der Waals surface area contributed by atoms with Crippen molar-refractivity contribution in [3.63, 3.8) is 0 Å². The van der Waals surface area contributed by atoms with Gasteiger partial charge in [-0.25, -0.2) is 9.97 Å². The van der Waals surface area contributed by atoms with Crippen molar-refractivity contribution < 1.29 is 13.9 Å². The van der Waals surface area contributed by atoms with Crippen molar-refractivity contribution in [1.82, 2.24) is 9.97 Å². The molecule has 0 aliphatic rings. The molecule has 3 heterocycles. The van der Waals surface area contributed by atoms with Crippen LogP contribution in [0.25, 0.3) is 11.5 Å². The summed E-state index contributed by atoms with van der Waals surface area (Å²) in [6.45, 7) is 0. The molecule has 0 spiro atoms. The molecule has 0 aliphatic carbocycles. The molecule has 1 N–H and O–H groups in total. The zero-order valence-electron chi connectivity index (χ0n) is 13.5. The maximum absolute atomic E-state index is 12.3. The van der Waals surface area contributed by atoms with Crippen LogP contribution in [-0.4, -0.2) is 15.9 Å². The molecule has 0 fully saturated rings. The van der Waals surface area contributed by atoms with Gasteiger partial charge in [-0.05, 0) is 30.3 Å². The van der Waals surface area contributed by atoms with E-state index >= 15 is 0 Å². The number of hydrogen-bond acceptors (Lipinski definition) is 6. The predicted molar refractivity (Wildman–Crippen MR) is 98.5 cm³/mol. The molecule has 3 aromatic heterocycles. The number of amides is 1. The third-order valence-electron chi connectivity index (χ3n) is 3.46. The van der Waals surface area contributed by atoms with Gasteiger partial charge in [0.25, 0.3) is 5.91 Å². The highest BCUT2D eigenvalue weighted by Crippen LogP contribution is 2.25. The SMILES string of the molecule is O=C(Nc1nc(-c2ccco2)cs1)c1ccc(Oc2ccccc2)nc1. The number of hydrogen-bond donors (Lipinski definition) is 1. The number of furan rings is 1. The number of aromatic nitrogens is 2. The predicted octanol–water partition coefficient (Wildman–Crippen LogP) is 4.84. The number of carbonyl (C=O) groups is 1. The van der Waals surface area contributed by atoms with Gasteiger partial charge in [0.15, 0.2) is 10.9 Å². The van der Waals surface area contributed by atoms with E-state index in [1.807, 2.05) is 41.8 Å². The Bertz CT molecular complexity index is 996. The van der Waals surface area contributed by atoms with Gasteiger partial charge >= 0.3 is 0 Å². The van der Waals surface area contributed by atoms with Crippen LogP contribution in [0.3, 0.4) is 0 Å². The molecule has 4 rings (SSSR count). The lowest BCUT2D eigenvalue weighted by atomic mass is 10.2. The fourth-order valence-electron chi connectivity index (χ4n) is 2.22. The monoisotopic (exact) mass is 363 g/mol. The molecule has 0 bridgehead atoms. The standard InChI is InChI=1S/C19H13N3O3S/c23-18(22-19-21-15(12-26-19)16-7-4-10-24-16)13-8-9-17(20-11-13)25-14-5-2-1-3-6-14/h1-12H,(H,21,22,23). The molecule has 1 aromatic carbocycles. The molecular weight excluding hydrogens is 350 g/mol. The fraction of sp³-hybridized carbons (Fsp3) is 0. The first kappa shape index (κ1) is 16.0. The van der Waals surface area contributed by atoms with Gasteiger partial charge in [0.2, 0.25) is 5.88 Å². The highest BCUT2D eigenvalue weighted by molar-refractivity contribution is 7.14. The summed E-state index contributed by atoms with van der Waals surface area (Å²) in [5, 5.41) is 5.07. The number of thiazole rings is 1. The molecule has 26 heavy (non-hydrogen) atoms. The largest absolute Gasteiger partial charge is 0.463 e. The number of benzene rings is 1. The smallest absolute Gasteiger partial charge is 0.259 e. The quantitative estimate of drug-likeness (QED) is 0.549. The highest BCUT2D eigenvalue weighted by atomic mass is 32.1. The molecule has 0 aliphatic heterocycles. The van der Waals surface area contributed by atoms with Gasteiger partial charge in [0.05, 0.1) is 11.8 Å². The molecule has 4 aromatic rings. The normalized spacial score (nSPS) is 10.5. The zero-order chi connectivity index (χ0) is 17.8. The summed E-state index contributed by atoms with van der Waals surface area (Å²) in [7, 11) is 0. The molecule has 7 heteroatoms. The molecule has 0 unspecified atom stereocenters. The van der Waals surface area contributed by atoms with Crippen LogP contribution in [0, 0.1) is 0 Å². The molecule has 1 amide bonds. The van der Waals surface area contributed by atoms with Gasteiger partial charge in [-0.2, -0.15) is 0 Å². The van der Waals surface area contributed by atoms with E-state index in [-0.39, 0.29) is 5.91 Å². The summed E-state index contributed by atoms with van der Waals surface area (Å²) >= 11 is 1.33. The minimum atomic E-state index is -0.288. The van der Waals surface area contributed by atoms with E-state index in [2.05, 4.69) is 15.3 Å². The zero-order valence-corrected chi connectivity index (χ0v) is 14.3.